The Morgan fingerprint density at radius 2 is 1.94 bits per heavy atom. The molecule has 1 rings (SSSR count). The topological polar surface area (TPSA) is 3.24 Å². The molecule has 0 aromatic rings. The third-order valence-electron chi connectivity index (χ3n) is 3.20. The SMILES string of the molecule is CCCN(CC(F)(F)F)CC1(CBr)CCC1. The summed E-state index contributed by atoms with van der Waals surface area (Å²) >= 11 is 3.43. The summed E-state index contributed by atoms with van der Waals surface area (Å²) in [4.78, 5) is 1.56. The van der Waals surface area contributed by atoms with Crippen LogP contribution in [0, 0.1) is 5.41 Å². The van der Waals surface area contributed by atoms with Crippen molar-refractivity contribution in [1.82, 2.24) is 4.90 Å². The summed E-state index contributed by atoms with van der Waals surface area (Å²) in [6.07, 6.45) is -0.0505. The van der Waals surface area contributed by atoms with Crippen molar-refractivity contribution in [3.05, 3.63) is 0 Å². The average Bonchev–Trinajstić information content (AvgIpc) is 2.09. The third kappa shape index (κ3) is 4.24. The first-order valence-corrected chi connectivity index (χ1v) is 6.88. The first-order valence-electron chi connectivity index (χ1n) is 5.76. The number of hydrogen-bond acceptors (Lipinski definition) is 1. The van der Waals surface area contributed by atoms with Crippen LogP contribution in [0.1, 0.15) is 32.6 Å². The molecule has 0 bridgehead atoms. The van der Waals surface area contributed by atoms with Crippen molar-refractivity contribution >= 4 is 15.9 Å². The van der Waals surface area contributed by atoms with Crippen LogP contribution in [-0.4, -0.2) is 36.0 Å². The maximum atomic E-state index is 12.4. The lowest BCUT2D eigenvalue weighted by Crippen LogP contribution is -2.46. The molecule has 0 aromatic heterocycles. The van der Waals surface area contributed by atoms with Gasteiger partial charge in [-0.05, 0) is 31.2 Å². The number of halogens is 4. The molecule has 1 nitrogen and oxygen atoms in total. The molecule has 0 aliphatic heterocycles. The summed E-state index contributed by atoms with van der Waals surface area (Å²) < 4.78 is 37.1. The molecule has 16 heavy (non-hydrogen) atoms. The highest BCUT2D eigenvalue weighted by Gasteiger charge is 2.39. The van der Waals surface area contributed by atoms with Crippen molar-refractivity contribution in [1.29, 1.82) is 0 Å². The fraction of sp³-hybridized carbons (Fsp3) is 1.00. The predicted octanol–water partition coefficient (Wildman–Crippen LogP) is 3.83. The molecule has 0 atom stereocenters. The number of alkyl halides is 4. The van der Waals surface area contributed by atoms with Crippen molar-refractivity contribution in [2.45, 2.75) is 38.8 Å². The van der Waals surface area contributed by atoms with Crippen LogP contribution in [0.25, 0.3) is 0 Å². The van der Waals surface area contributed by atoms with E-state index in [-0.39, 0.29) is 5.41 Å². The van der Waals surface area contributed by atoms with Crippen molar-refractivity contribution in [2.24, 2.45) is 5.41 Å². The van der Waals surface area contributed by atoms with Crippen LogP contribution in [-0.2, 0) is 0 Å². The minimum atomic E-state index is -4.08. The molecule has 0 aromatic carbocycles. The Labute approximate surface area is 104 Å². The molecular formula is C11H19BrF3N. The van der Waals surface area contributed by atoms with Gasteiger partial charge in [-0.25, -0.2) is 0 Å². The Morgan fingerprint density at radius 1 is 1.31 bits per heavy atom. The molecule has 96 valence electrons. The van der Waals surface area contributed by atoms with Gasteiger partial charge in [0, 0.05) is 11.9 Å². The van der Waals surface area contributed by atoms with Crippen molar-refractivity contribution in [3.8, 4) is 0 Å². The number of rotatable bonds is 6. The van der Waals surface area contributed by atoms with Gasteiger partial charge in [0.15, 0.2) is 0 Å². The molecule has 1 aliphatic carbocycles. The van der Waals surface area contributed by atoms with Crippen LogP contribution in [0.3, 0.4) is 0 Å². The Balaban J connectivity index is 2.50. The maximum absolute atomic E-state index is 12.4. The second kappa shape index (κ2) is 5.71. The van der Waals surface area contributed by atoms with Crippen molar-refractivity contribution in [2.75, 3.05) is 25.0 Å². The Morgan fingerprint density at radius 3 is 2.25 bits per heavy atom. The van der Waals surface area contributed by atoms with E-state index in [2.05, 4.69) is 15.9 Å². The van der Waals surface area contributed by atoms with E-state index in [1.165, 1.54) is 0 Å². The Kier molecular flexibility index (Phi) is 5.10. The summed E-state index contributed by atoms with van der Waals surface area (Å²) in [5.74, 6) is 0. The summed E-state index contributed by atoms with van der Waals surface area (Å²) in [5.41, 5.74) is 0.0976. The van der Waals surface area contributed by atoms with Gasteiger partial charge < -0.3 is 0 Å². The lowest BCUT2D eigenvalue weighted by atomic mass is 9.70. The van der Waals surface area contributed by atoms with Gasteiger partial charge in [0.1, 0.15) is 0 Å². The summed E-state index contributed by atoms with van der Waals surface area (Å²) in [5, 5.41) is 0.818. The first-order chi connectivity index (χ1) is 7.41. The molecule has 0 amide bonds. The van der Waals surface area contributed by atoms with Crippen LogP contribution in [0.4, 0.5) is 13.2 Å². The van der Waals surface area contributed by atoms with E-state index in [1.807, 2.05) is 6.92 Å². The summed E-state index contributed by atoms with van der Waals surface area (Å²) in [6, 6.07) is 0. The molecule has 5 heteroatoms. The number of nitrogens with zero attached hydrogens (tertiary/aromatic N) is 1. The largest absolute Gasteiger partial charge is 0.401 e. The molecule has 0 spiro atoms. The lowest BCUT2D eigenvalue weighted by molar-refractivity contribution is -0.150. The van der Waals surface area contributed by atoms with E-state index in [0.717, 1.165) is 31.0 Å². The Hall–Kier alpha value is 0.230. The van der Waals surface area contributed by atoms with E-state index >= 15 is 0 Å². The molecular weight excluding hydrogens is 283 g/mol. The second-order valence-corrected chi connectivity index (χ2v) is 5.37. The normalized spacial score (nSPS) is 19.9. The molecule has 0 heterocycles. The Bertz CT molecular complexity index is 208. The van der Waals surface area contributed by atoms with E-state index in [1.54, 1.807) is 4.90 Å². The van der Waals surface area contributed by atoms with Gasteiger partial charge in [0.05, 0.1) is 6.54 Å². The monoisotopic (exact) mass is 301 g/mol. The van der Waals surface area contributed by atoms with E-state index in [4.69, 9.17) is 0 Å². The van der Waals surface area contributed by atoms with E-state index in [0.29, 0.717) is 13.1 Å². The van der Waals surface area contributed by atoms with Gasteiger partial charge in [0.25, 0.3) is 0 Å². The third-order valence-corrected chi connectivity index (χ3v) is 4.39. The van der Waals surface area contributed by atoms with Gasteiger partial charge >= 0.3 is 6.18 Å². The highest BCUT2D eigenvalue weighted by molar-refractivity contribution is 9.09. The van der Waals surface area contributed by atoms with Crippen LogP contribution in [0.5, 0.6) is 0 Å². The van der Waals surface area contributed by atoms with Gasteiger partial charge in [-0.3, -0.25) is 4.90 Å². The summed E-state index contributed by atoms with van der Waals surface area (Å²) in [7, 11) is 0. The van der Waals surface area contributed by atoms with Gasteiger partial charge in [-0.1, -0.05) is 29.3 Å². The van der Waals surface area contributed by atoms with Gasteiger partial charge in [-0.15, -0.1) is 0 Å². The standard InChI is InChI=1S/C11H19BrF3N/c1-2-6-16(9-11(13,14)15)8-10(7-12)4-3-5-10/h2-9H2,1H3. The van der Waals surface area contributed by atoms with Crippen molar-refractivity contribution in [3.63, 3.8) is 0 Å². The van der Waals surface area contributed by atoms with E-state index in [9.17, 15) is 13.2 Å². The van der Waals surface area contributed by atoms with Crippen LogP contribution in [0.15, 0.2) is 0 Å². The zero-order chi connectivity index (χ0) is 12.2. The molecule has 1 fully saturated rings. The second-order valence-electron chi connectivity index (χ2n) is 4.81. The highest BCUT2D eigenvalue weighted by Crippen LogP contribution is 2.43. The molecule has 0 saturated heterocycles. The fourth-order valence-corrected chi connectivity index (χ4v) is 3.01. The minimum absolute atomic E-state index is 0.0976. The number of hydrogen-bond donors (Lipinski definition) is 0. The molecule has 0 N–H and O–H groups in total. The van der Waals surface area contributed by atoms with Crippen LogP contribution < -0.4 is 0 Å². The minimum Gasteiger partial charge on any atom is -0.294 e. The van der Waals surface area contributed by atoms with Crippen LogP contribution in [0.2, 0.25) is 0 Å². The predicted molar refractivity (Wildman–Crippen MR) is 62.9 cm³/mol. The highest BCUT2D eigenvalue weighted by atomic mass is 79.9. The first kappa shape index (κ1) is 14.3. The van der Waals surface area contributed by atoms with Crippen LogP contribution >= 0.6 is 15.9 Å². The van der Waals surface area contributed by atoms with Gasteiger partial charge in [0.2, 0.25) is 0 Å². The zero-order valence-electron chi connectivity index (χ0n) is 9.62. The van der Waals surface area contributed by atoms with Crippen molar-refractivity contribution < 1.29 is 13.2 Å². The van der Waals surface area contributed by atoms with E-state index < -0.39 is 12.7 Å². The molecule has 1 aliphatic rings. The quantitative estimate of drug-likeness (QED) is 0.674. The maximum Gasteiger partial charge on any atom is 0.401 e. The molecule has 1 saturated carbocycles. The van der Waals surface area contributed by atoms with Gasteiger partial charge in [-0.2, -0.15) is 13.2 Å². The molecule has 0 radical (unpaired) electrons. The smallest absolute Gasteiger partial charge is 0.294 e. The zero-order valence-corrected chi connectivity index (χ0v) is 11.2. The summed E-state index contributed by atoms with van der Waals surface area (Å²) in [6.45, 7) is 2.26. The fourth-order valence-electron chi connectivity index (χ4n) is 2.27. The average molecular weight is 302 g/mol. The molecule has 0 unspecified atom stereocenters. The lowest BCUT2D eigenvalue weighted by Gasteiger charge is -2.44.